The maximum atomic E-state index is 13.6. The summed E-state index contributed by atoms with van der Waals surface area (Å²) in [4.78, 5) is 13.6. The first-order chi connectivity index (χ1) is 14.9. The minimum atomic E-state index is -0.487. The minimum absolute atomic E-state index is 0.00515. The van der Waals surface area contributed by atoms with Crippen molar-refractivity contribution in [2.45, 2.75) is 34.9 Å². The Bertz CT molecular complexity index is 1060. The van der Waals surface area contributed by atoms with E-state index >= 15 is 0 Å². The molecule has 0 fully saturated rings. The lowest BCUT2D eigenvalue weighted by Gasteiger charge is -2.37. The molecule has 3 aliphatic heterocycles. The molecule has 0 bridgehead atoms. The number of benzene rings is 2. The van der Waals surface area contributed by atoms with Crippen LogP contribution in [0.5, 0.6) is 28.7 Å². The van der Waals surface area contributed by atoms with E-state index < -0.39 is 15.4 Å². The van der Waals surface area contributed by atoms with Gasteiger partial charge < -0.3 is 28.8 Å². The van der Waals surface area contributed by atoms with Crippen LogP contribution in [-0.4, -0.2) is 54.0 Å². The summed E-state index contributed by atoms with van der Waals surface area (Å²) in [5.41, 5.74) is 2.16. The molecule has 3 heterocycles. The molecule has 2 aromatic carbocycles. The van der Waals surface area contributed by atoms with E-state index in [1.807, 2.05) is 13.0 Å². The van der Waals surface area contributed by atoms with E-state index in [-0.39, 0.29) is 25.1 Å². The normalized spacial score (nSPS) is 24.9. The maximum absolute atomic E-state index is 13.6. The Morgan fingerprint density at radius 1 is 1.16 bits per heavy atom. The van der Waals surface area contributed by atoms with Crippen LogP contribution in [-0.2, 0) is 6.42 Å². The topological polar surface area (TPSA) is 83.5 Å². The van der Waals surface area contributed by atoms with Crippen molar-refractivity contribution < 1.29 is 33.6 Å². The fourth-order valence-electron chi connectivity index (χ4n) is 4.50. The lowest BCUT2D eigenvalue weighted by Crippen LogP contribution is -2.43. The van der Waals surface area contributed by atoms with E-state index in [1.54, 1.807) is 32.4 Å². The maximum Gasteiger partial charge on any atom is 0.178 e. The summed E-state index contributed by atoms with van der Waals surface area (Å²) in [5, 5.41) is 9.73. The van der Waals surface area contributed by atoms with Gasteiger partial charge in [-0.25, -0.2) is 0 Å². The summed E-state index contributed by atoms with van der Waals surface area (Å²) in [6.45, 7) is 2.20. The van der Waals surface area contributed by atoms with Crippen LogP contribution in [0.3, 0.4) is 0 Å². The molecule has 2 aromatic rings. The number of halogens is 1. The zero-order valence-corrected chi connectivity index (χ0v) is 19.6. The quantitative estimate of drug-likeness (QED) is 0.476. The van der Waals surface area contributed by atoms with Crippen LogP contribution in [0, 0.1) is 0 Å². The molecule has 5 rings (SSSR count). The summed E-state index contributed by atoms with van der Waals surface area (Å²) in [7, 11) is 3.13. The van der Waals surface area contributed by atoms with Crippen LogP contribution in [0.15, 0.2) is 24.3 Å². The second-order valence-electron chi connectivity index (χ2n) is 8.22. The van der Waals surface area contributed by atoms with Crippen molar-refractivity contribution in [2.75, 3.05) is 27.4 Å². The van der Waals surface area contributed by atoms with Crippen molar-refractivity contribution in [1.82, 2.24) is 0 Å². The van der Waals surface area contributed by atoms with E-state index in [0.29, 0.717) is 40.7 Å². The van der Waals surface area contributed by atoms with Gasteiger partial charge in [-0.1, -0.05) is 22.6 Å². The molecule has 3 aliphatic rings. The van der Waals surface area contributed by atoms with Crippen LogP contribution in [0.25, 0.3) is 0 Å². The van der Waals surface area contributed by atoms with Crippen LogP contribution >= 0.6 is 22.6 Å². The Kier molecular flexibility index (Phi) is 4.97. The molecule has 1 N–H and O–H groups in total. The molecule has 0 amide bonds. The van der Waals surface area contributed by atoms with Crippen molar-refractivity contribution in [2.24, 2.45) is 0 Å². The van der Waals surface area contributed by atoms with Gasteiger partial charge >= 0.3 is 0 Å². The molecule has 7 nitrogen and oxygen atoms in total. The SMILES string of the molecule is COc1cc2c(cc1OC)[C@@H]1C(=O)c3ccc4c(c3O[C@@H]1CO2)C[C@H]([C@@](C)([123I])CO)O4. The van der Waals surface area contributed by atoms with Gasteiger partial charge in [-0.2, -0.15) is 0 Å². The zero-order chi connectivity index (χ0) is 21.9. The number of methoxy groups -OCH3 is 2. The average Bonchev–Trinajstić information content (AvgIpc) is 3.23. The summed E-state index contributed by atoms with van der Waals surface area (Å²) in [6, 6.07) is 7.15. The molecular formula is C23H23IO7. The highest BCUT2D eigenvalue weighted by atomic mass is 123. The third-order valence-electron chi connectivity index (χ3n) is 6.30. The van der Waals surface area contributed by atoms with Gasteiger partial charge in [0.2, 0.25) is 0 Å². The first kappa shape index (κ1) is 20.7. The number of rotatable bonds is 4. The number of aliphatic hydroxyl groups is 1. The molecule has 164 valence electrons. The van der Waals surface area contributed by atoms with Gasteiger partial charge in [0.1, 0.15) is 36.1 Å². The van der Waals surface area contributed by atoms with E-state index in [1.165, 1.54) is 0 Å². The van der Waals surface area contributed by atoms with Crippen LogP contribution in [0.4, 0.5) is 0 Å². The van der Waals surface area contributed by atoms with E-state index in [0.717, 1.165) is 11.1 Å². The number of carbonyl (C=O) groups is 1. The Morgan fingerprint density at radius 2 is 1.90 bits per heavy atom. The first-order valence-electron chi connectivity index (χ1n) is 10.1. The molecule has 31 heavy (non-hydrogen) atoms. The molecule has 0 spiro atoms. The van der Waals surface area contributed by atoms with Gasteiger partial charge in [-0.3, -0.25) is 4.79 Å². The van der Waals surface area contributed by atoms with Crippen molar-refractivity contribution in [3.05, 3.63) is 41.0 Å². The number of aliphatic hydroxyl groups excluding tert-OH is 1. The lowest BCUT2D eigenvalue weighted by atomic mass is 9.81. The van der Waals surface area contributed by atoms with Crippen LogP contribution < -0.4 is 23.7 Å². The molecule has 0 aliphatic carbocycles. The second kappa shape index (κ2) is 7.44. The van der Waals surface area contributed by atoms with E-state index in [2.05, 4.69) is 22.6 Å². The zero-order valence-electron chi connectivity index (χ0n) is 17.4. The van der Waals surface area contributed by atoms with Gasteiger partial charge in [0.05, 0.1) is 35.7 Å². The molecule has 0 aromatic heterocycles. The van der Waals surface area contributed by atoms with Crippen molar-refractivity contribution in [3.8, 4) is 28.7 Å². The number of hydrogen-bond donors (Lipinski definition) is 1. The molecule has 0 saturated carbocycles. The van der Waals surface area contributed by atoms with Gasteiger partial charge in [0.15, 0.2) is 17.3 Å². The second-order valence-corrected chi connectivity index (χ2v) is 10.7. The molecule has 0 radical (unpaired) electrons. The summed E-state index contributed by atoms with van der Waals surface area (Å²) >= 11 is 2.22. The fraction of sp³-hybridized carbons (Fsp3) is 0.435. The third kappa shape index (κ3) is 3.14. The highest BCUT2D eigenvalue weighted by Gasteiger charge is 2.47. The van der Waals surface area contributed by atoms with Crippen molar-refractivity contribution in [3.63, 3.8) is 0 Å². The molecular weight excluding hydrogens is 511 g/mol. The largest absolute Gasteiger partial charge is 0.493 e. The summed E-state index contributed by atoms with van der Waals surface area (Å²) < 4.78 is 28.8. The monoisotopic (exact) mass is 534 g/mol. The fourth-order valence-corrected chi connectivity index (χ4v) is 4.85. The highest BCUT2D eigenvalue weighted by molar-refractivity contribution is 14.1. The predicted octanol–water partition coefficient (Wildman–Crippen LogP) is 3.31. The Balaban J connectivity index is 1.55. The number of ketones is 1. The van der Waals surface area contributed by atoms with Gasteiger partial charge in [-0.05, 0) is 25.1 Å². The van der Waals surface area contributed by atoms with Gasteiger partial charge in [0, 0.05) is 23.6 Å². The smallest absolute Gasteiger partial charge is 0.178 e. The Morgan fingerprint density at radius 3 is 2.61 bits per heavy atom. The Hall–Kier alpha value is -2.20. The number of Topliss-reactive ketones (excluding diaryl/α,β-unsaturated/α-hetero) is 1. The highest BCUT2D eigenvalue weighted by Crippen LogP contribution is 2.50. The summed E-state index contributed by atoms with van der Waals surface area (Å²) in [6.07, 6.45) is -0.0675. The Labute approximate surface area is 193 Å². The van der Waals surface area contributed by atoms with E-state index in [4.69, 9.17) is 23.7 Å². The van der Waals surface area contributed by atoms with Crippen molar-refractivity contribution >= 4 is 28.4 Å². The first-order valence-corrected chi connectivity index (χ1v) is 11.2. The molecule has 0 saturated heterocycles. The lowest BCUT2D eigenvalue weighted by molar-refractivity contribution is 0.0554. The van der Waals surface area contributed by atoms with Gasteiger partial charge in [0.25, 0.3) is 0 Å². The predicted molar refractivity (Wildman–Crippen MR) is 121 cm³/mol. The van der Waals surface area contributed by atoms with Crippen LogP contribution in [0.2, 0.25) is 0 Å². The van der Waals surface area contributed by atoms with Crippen LogP contribution in [0.1, 0.15) is 34.3 Å². The summed E-state index contributed by atoms with van der Waals surface area (Å²) in [5.74, 6) is 2.48. The molecule has 8 heteroatoms. The number of alkyl halides is 1. The molecule has 0 unspecified atom stereocenters. The average molecular weight is 534 g/mol. The third-order valence-corrected chi connectivity index (χ3v) is 7.34. The number of carbonyl (C=O) groups excluding carboxylic acids is 1. The molecule has 4 atom stereocenters. The number of hydrogen-bond acceptors (Lipinski definition) is 7. The van der Waals surface area contributed by atoms with E-state index in [9.17, 15) is 9.90 Å². The number of ether oxygens (including phenoxy) is 5. The van der Waals surface area contributed by atoms with Gasteiger partial charge in [-0.15, -0.1) is 0 Å². The number of fused-ring (bicyclic) bond motifs is 6. The standard InChI is InChI=1S/C23H23IO7/c1-23(24,10-25)19-7-13-14(30-19)5-4-11-21(26)20-12-6-16(27-2)17(28-3)8-15(12)29-9-18(20)31-22(11)13/h4-6,8,18-20,25H,7,9-10H2,1-3H3/t18-,19-,20+,23+/m1/s1/i24-4. The minimum Gasteiger partial charge on any atom is -0.493 e. The van der Waals surface area contributed by atoms with Crippen molar-refractivity contribution in [1.29, 1.82) is 0 Å².